The molecule has 0 atom stereocenters. The second-order valence-corrected chi connectivity index (χ2v) is 8.96. The SMILES string of the molecule is O=S(=O)(Cc1ccc(-c2nc(-c3cccc(C(F)(F)F)c3)no2)o1)Cc1ccccc1F. The largest absolute Gasteiger partial charge is 0.455 e. The topological polar surface area (TPSA) is 86.2 Å². The van der Waals surface area contributed by atoms with E-state index in [0.29, 0.717) is 0 Å². The van der Waals surface area contributed by atoms with E-state index in [1.165, 1.54) is 48.5 Å². The minimum Gasteiger partial charge on any atom is -0.455 e. The zero-order valence-corrected chi connectivity index (χ0v) is 17.0. The van der Waals surface area contributed by atoms with Crippen molar-refractivity contribution in [3.05, 3.63) is 83.4 Å². The fourth-order valence-corrected chi connectivity index (χ4v) is 4.36. The highest BCUT2D eigenvalue weighted by molar-refractivity contribution is 7.89. The molecule has 6 nitrogen and oxygen atoms in total. The van der Waals surface area contributed by atoms with Crippen LogP contribution in [0.3, 0.4) is 0 Å². The van der Waals surface area contributed by atoms with Gasteiger partial charge in [0, 0.05) is 11.1 Å². The minimum absolute atomic E-state index is 0.0434. The molecule has 2 aromatic carbocycles. The lowest BCUT2D eigenvalue weighted by Gasteiger charge is -2.06. The molecule has 0 fully saturated rings. The highest BCUT2D eigenvalue weighted by atomic mass is 32.2. The van der Waals surface area contributed by atoms with Crippen LogP contribution < -0.4 is 0 Å². The average molecular weight is 466 g/mol. The van der Waals surface area contributed by atoms with Crippen LogP contribution in [0.4, 0.5) is 17.6 Å². The Kier molecular flexibility index (Phi) is 5.59. The zero-order valence-electron chi connectivity index (χ0n) is 16.1. The molecule has 0 amide bonds. The Labute approximate surface area is 179 Å². The van der Waals surface area contributed by atoms with Crippen LogP contribution in [-0.2, 0) is 27.5 Å². The Morgan fingerprint density at radius 1 is 0.938 bits per heavy atom. The molecule has 0 unspecified atom stereocenters. The lowest BCUT2D eigenvalue weighted by molar-refractivity contribution is -0.137. The Morgan fingerprint density at radius 2 is 1.72 bits per heavy atom. The van der Waals surface area contributed by atoms with E-state index in [1.54, 1.807) is 0 Å². The van der Waals surface area contributed by atoms with E-state index in [2.05, 4.69) is 10.1 Å². The molecule has 4 rings (SSSR count). The molecule has 4 aromatic rings. The molecule has 0 N–H and O–H groups in total. The van der Waals surface area contributed by atoms with Crippen molar-refractivity contribution < 1.29 is 34.9 Å². The van der Waals surface area contributed by atoms with E-state index in [1.807, 2.05) is 0 Å². The number of aromatic nitrogens is 2. The summed E-state index contributed by atoms with van der Waals surface area (Å²) in [6.45, 7) is 0. The Bertz CT molecular complexity index is 1360. The molecule has 0 saturated heterocycles. The summed E-state index contributed by atoms with van der Waals surface area (Å²) in [5, 5.41) is 3.66. The van der Waals surface area contributed by atoms with Crippen molar-refractivity contribution in [2.24, 2.45) is 0 Å². The van der Waals surface area contributed by atoms with Gasteiger partial charge in [0.1, 0.15) is 17.3 Å². The number of nitrogens with zero attached hydrogens (tertiary/aromatic N) is 2. The zero-order chi connectivity index (χ0) is 22.9. The predicted octanol–water partition coefficient (Wildman–Crippen LogP) is 5.27. The second-order valence-electron chi connectivity index (χ2n) is 6.89. The summed E-state index contributed by atoms with van der Waals surface area (Å²) in [6.07, 6.45) is -4.52. The van der Waals surface area contributed by atoms with E-state index in [4.69, 9.17) is 8.94 Å². The second kappa shape index (κ2) is 8.23. The molecule has 11 heteroatoms. The van der Waals surface area contributed by atoms with Crippen molar-refractivity contribution >= 4 is 9.84 Å². The van der Waals surface area contributed by atoms with Crippen molar-refractivity contribution in [3.63, 3.8) is 0 Å². The molecule has 0 spiro atoms. The van der Waals surface area contributed by atoms with Crippen molar-refractivity contribution in [2.45, 2.75) is 17.7 Å². The molecule has 0 saturated carbocycles. The molecule has 0 aliphatic heterocycles. The molecular formula is C21H14F4N2O4S. The highest BCUT2D eigenvalue weighted by Crippen LogP contribution is 2.32. The first-order valence-corrected chi connectivity index (χ1v) is 11.0. The van der Waals surface area contributed by atoms with Crippen molar-refractivity contribution in [1.82, 2.24) is 10.1 Å². The van der Waals surface area contributed by atoms with Crippen LogP contribution >= 0.6 is 0 Å². The maximum absolute atomic E-state index is 13.7. The number of sulfone groups is 1. The van der Waals surface area contributed by atoms with Crippen LogP contribution in [0.5, 0.6) is 0 Å². The molecule has 32 heavy (non-hydrogen) atoms. The summed E-state index contributed by atoms with van der Waals surface area (Å²) < 4.78 is 87.7. The van der Waals surface area contributed by atoms with Gasteiger partial charge in [-0.15, -0.1) is 0 Å². The van der Waals surface area contributed by atoms with E-state index in [0.717, 1.165) is 12.1 Å². The van der Waals surface area contributed by atoms with Gasteiger partial charge in [-0.1, -0.05) is 35.5 Å². The predicted molar refractivity (Wildman–Crippen MR) is 105 cm³/mol. The van der Waals surface area contributed by atoms with E-state index >= 15 is 0 Å². The van der Waals surface area contributed by atoms with E-state index < -0.39 is 38.9 Å². The van der Waals surface area contributed by atoms with E-state index in [-0.39, 0.29) is 34.4 Å². The summed E-state index contributed by atoms with van der Waals surface area (Å²) in [7, 11) is -3.74. The smallest absolute Gasteiger partial charge is 0.416 e. The number of alkyl halides is 3. The van der Waals surface area contributed by atoms with Crippen molar-refractivity contribution in [1.29, 1.82) is 0 Å². The Hall–Kier alpha value is -3.47. The molecule has 166 valence electrons. The third-order valence-electron chi connectivity index (χ3n) is 4.44. The van der Waals surface area contributed by atoms with Gasteiger partial charge in [-0.25, -0.2) is 12.8 Å². The molecular weight excluding hydrogens is 452 g/mol. The highest BCUT2D eigenvalue weighted by Gasteiger charge is 2.31. The summed E-state index contributed by atoms with van der Waals surface area (Å²) in [5.74, 6) is -1.72. The van der Waals surface area contributed by atoms with Crippen LogP contribution in [0.2, 0.25) is 0 Å². The number of hydrogen-bond donors (Lipinski definition) is 0. The van der Waals surface area contributed by atoms with E-state index in [9.17, 15) is 26.0 Å². The number of halogens is 4. The standard InChI is InChI=1S/C21H14F4N2O4S/c22-17-7-2-1-4-14(17)11-32(28,29)12-16-8-9-18(30-16)20-26-19(27-31-20)13-5-3-6-15(10-13)21(23,24)25/h1-10H,11-12H2. The fourth-order valence-electron chi connectivity index (χ4n) is 2.97. The maximum atomic E-state index is 13.7. The van der Waals surface area contributed by atoms with Crippen molar-refractivity contribution in [2.75, 3.05) is 0 Å². The summed E-state index contributed by atoms with van der Waals surface area (Å²) in [4.78, 5) is 4.03. The lowest BCUT2D eigenvalue weighted by atomic mass is 10.1. The number of benzene rings is 2. The quantitative estimate of drug-likeness (QED) is 0.360. The van der Waals surface area contributed by atoms with Crippen LogP contribution in [0, 0.1) is 5.82 Å². The summed E-state index contributed by atoms with van der Waals surface area (Å²) in [6, 6.07) is 12.8. The lowest BCUT2D eigenvalue weighted by Crippen LogP contribution is -2.08. The molecule has 0 radical (unpaired) electrons. The molecule has 2 heterocycles. The molecule has 0 bridgehead atoms. The van der Waals surface area contributed by atoms with Gasteiger partial charge in [0.05, 0.1) is 11.3 Å². The summed E-state index contributed by atoms with van der Waals surface area (Å²) in [5.41, 5.74) is -0.724. The van der Waals surface area contributed by atoms with Gasteiger partial charge in [0.15, 0.2) is 15.6 Å². The van der Waals surface area contributed by atoms with Crippen LogP contribution in [0.15, 0.2) is 69.6 Å². The van der Waals surface area contributed by atoms with Gasteiger partial charge in [-0.05, 0) is 30.3 Å². The number of rotatable bonds is 6. The number of furan rings is 1. The first-order chi connectivity index (χ1) is 15.1. The third-order valence-corrected chi connectivity index (χ3v) is 5.92. The van der Waals surface area contributed by atoms with Crippen LogP contribution in [0.1, 0.15) is 16.9 Å². The monoisotopic (exact) mass is 466 g/mol. The summed E-state index contributed by atoms with van der Waals surface area (Å²) >= 11 is 0. The van der Waals surface area contributed by atoms with Crippen LogP contribution in [-0.4, -0.2) is 18.6 Å². The van der Waals surface area contributed by atoms with Gasteiger partial charge in [0.2, 0.25) is 5.82 Å². The van der Waals surface area contributed by atoms with Gasteiger partial charge < -0.3 is 8.94 Å². The third kappa shape index (κ3) is 4.88. The fraction of sp³-hybridized carbons (Fsp3) is 0.143. The van der Waals surface area contributed by atoms with Crippen molar-refractivity contribution in [3.8, 4) is 23.0 Å². The first kappa shape index (κ1) is 21.8. The van der Waals surface area contributed by atoms with Gasteiger partial charge >= 0.3 is 6.18 Å². The molecule has 0 aliphatic carbocycles. The number of hydrogen-bond acceptors (Lipinski definition) is 6. The minimum atomic E-state index is -4.52. The van der Waals surface area contributed by atoms with Crippen LogP contribution in [0.25, 0.3) is 23.0 Å². The van der Waals surface area contributed by atoms with Gasteiger partial charge in [-0.3, -0.25) is 0 Å². The Balaban J connectivity index is 1.51. The average Bonchev–Trinajstić information content (AvgIpc) is 3.38. The van der Waals surface area contributed by atoms with Gasteiger partial charge in [-0.2, -0.15) is 18.2 Å². The first-order valence-electron chi connectivity index (χ1n) is 9.15. The maximum Gasteiger partial charge on any atom is 0.416 e. The molecule has 2 aromatic heterocycles. The van der Waals surface area contributed by atoms with Gasteiger partial charge in [0.25, 0.3) is 5.89 Å². The normalized spacial score (nSPS) is 12.2. The Morgan fingerprint density at radius 3 is 2.47 bits per heavy atom. The molecule has 0 aliphatic rings.